The molecule has 0 spiro atoms. The van der Waals surface area contributed by atoms with Crippen LogP contribution in [-0.4, -0.2) is 100 Å². The predicted octanol–water partition coefficient (Wildman–Crippen LogP) is 11.3. The van der Waals surface area contributed by atoms with E-state index in [2.05, 4.69) is 66.9 Å². The average Bonchev–Trinajstić information content (AvgIpc) is 3.32. The summed E-state index contributed by atoms with van der Waals surface area (Å²) < 4.78 is 16.6. The maximum absolute atomic E-state index is 12.9. The molecule has 1 fully saturated rings. The van der Waals surface area contributed by atoms with Crippen molar-refractivity contribution in [1.82, 2.24) is 5.32 Å². The van der Waals surface area contributed by atoms with Crippen molar-refractivity contribution in [3.05, 3.63) is 72.9 Å². The Labute approximate surface area is 407 Å². The van der Waals surface area contributed by atoms with E-state index in [-0.39, 0.29) is 18.5 Å². The molecule has 1 aliphatic rings. The van der Waals surface area contributed by atoms with Crippen molar-refractivity contribution in [2.45, 2.75) is 249 Å². The third-order valence-electron chi connectivity index (χ3n) is 12.1. The molecule has 6 N–H and O–H groups in total. The lowest BCUT2D eigenvalue weighted by molar-refractivity contribution is -0.302. The van der Waals surface area contributed by atoms with E-state index in [0.717, 1.165) is 96.3 Å². The fourth-order valence-corrected chi connectivity index (χ4v) is 7.79. The number of aliphatic hydroxyl groups excluding tert-OH is 5. The van der Waals surface area contributed by atoms with Crippen LogP contribution < -0.4 is 5.32 Å². The van der Waals surface area contributed by atoms with Crippen LogP contribution >= 0.6 is 0 Å². The zero-order chi connectivity index (χ0) is 48.8. The van der Waals surface area contributed by atoms with Gasteiger partial charge in [0.1, 0.15) is 24.4 Å². The molecular weight excluding hydrogens is 847 g/mol. The molecule has 0 aromatic heterocycles. The van der Waals surface area contributed by atoms with Gasteiger partial charge in [0.15, 0.2) is 6.29 Å². The van der Waals surface area contributed by atoms with Gasteiger partial charge in [-0.2, -0.15) is 0 Å². The van der Waals surface area contributed by atoms with Gasteiger partial charge in [-0.25, -0.2) is 0 Å². The normalized spacial score (nSPS) is 20.1. The molecule has 1 heterocycles. The number of hydrogen-bond acceptors (Lipinski definition) is 10. The Bertz CT molecular complexity index is 1340. The Kier molecular flexibility index (Phi) is 42.2. The number of aliphatic hydroxyl groups is 5. The summed E-state index contributed by atoms with van der Waals surface area (Å²) in [6.07, 6.45) is 48.7. The number of rotatable bonds is 44. The van der Waals surface area contributed by atoms with Crippen LogP contribution in [0.5, 0.6) is 0 Å². The predicted molar refractivity (Wildman–Crippen MR) is 273 cm³/mol. The van der Waals surface area contributed by atoms with Crippen LogP contribution in [-0.2, 0) is 23.8 Å². The molecule has 0 radical (unpaired) electrons. The Morgan fingerprint density at radius 3 is 1.66 bits per heavy atom. The standard InChI is InChI=1S/C56H97NO10/c1-3-5-7-9-11-13-14-15-16-17-18-19-20-24-28-32-36-40-44-52(61)65-45-41-37-33-29-25-22-21-23-27-31-35-39-43-51(60)57-48(49(59)42-38-34-30-26-12-10-8-6-4-2)47-66-56-55(64)54(63)53(62)50(46-58)67-56/h4,6,12-14,16-17,22,25-26,38,42,48-50,53-56,58-59,62-64H,3,5,7-11,15,18-21,23-24,27-37,39-41,43-47H2,1-2H3,(H,57,60)/b6-4+,14-13-,17-16-,25-22-,26-12+,42-38+. The van der Waals surface area contributed by atoms with Crippen LogP contribution in [0.15, 0.2) is 72.9 Å². The molecule has 0 aliphatic carbocycles. The molecule has 0 bridgehead atoms. The zero-order valence-electron chi connectivity index (χ0n) is 42.1. The summed E-state index contributed by atoms with van der Waals surface area (Å²) in [6.45, 7) is 3.96. The first kappa shape index (κ1) is 62.1. The molecule has 7 atom stereocenters. The summed E-state index contributed by atoms with van der Waals surface area (Å²) in [4.78, 5) is 25.0. The highest BCUT2D eigenvalue weighted by Gasteiger charge is 2.44. The third-order valence-corrected chi connectivity index (χ3v) is 12.1. The van der Waals surface area contributed by atoms with Gasteiger partial charge in [0.25, 0.3) is 0 Å². The Balaban J connectivity index is 2.12. The fraction of sp³-hybridized carbons (Fsp3) is 0.750. The van der Waals surface area contributed by atoms with Crippen molar-refractivity contribution in [1.29, 1.82) is 0 Å². The van der Waals surface area contributed by atoms with E-state index in [4.69, 9.17) is 14.2 Å². The summed E-state index contributed by atoms with van der Waals surface area (Å²) in [5, 5.41) is 54.0. The number of ether oxygens (including phenoxy) is 3. The quantitative estimate of drug-likeness (QED) is 0.0196. The van der Waals surface area contributed by atoms with E-state index in [1.165, 1.54) is 70.6 Å². The number of hydrogen-bond donors (Lipinski definition) is 6. The van der Waals surface area contributed by atoms with E-state index in [0.29, 0.717) is 32.3 Å². The van der Waals surface area contributed by atoms with Crippen LogP contribution in [0.25, 0.3) is 0 Å². The van der Waals surface area contributed by atoms with Gasteiger partial charge in [0.05, 0.1) is 32.0 Å². The molecular formula is C56H97NO10. The summed E-state index contributed by atoms with van der Waals surface area (Å²) in [5.74, 6) is -0.286. The zero-order valence-corrected chi connectivity index (χ0v) is 42.1. The van der Waals surface area contributed by atoms with Crippen molar-refractivity contribution in [3.63, 3.8) is 0 Å². The molecule has 1 rings (SSSR count). The summed E-state index contributed by atoms with van der Waals surface area (Å²) in [6, 6.07) is -0.854. The van der Waals surface area contributed by atoms with Gasteiger partial charge < -0.3 is 45.1 Å². The van der Waals surface area contributed by atoms with Crippen molar-refractivity contribution in [2.75, 3.05) is 19.8 Å². The highest BCUT2D eigenvalue weighted by atomic mass is 16.7. The first-order valence-corrected chi connectivity index (χ1v) is 26.7. The summed E-state index contributed by atoms with van der Waals surface area (Å²) >= 11 is 0. The lowest BCUT2D eigenvalue weighted by Crippen LogP contribution is -2.60. The minimum absolute atomic E-state index is 0.0579. The molecule has 1 amide bonds. The number of carbonyl (C=O) groups excluding carboxylic acids is 2. The molecule has 0 aromatic carbocycles. The molecule has 1 saturated heterocycles. The SMILES string of the molecule is C/C=C/CC/C=C/CC/C=C/C(O)C(COC1OC(CO)C(O)C(O)C1O)NC(=O)CCCCCCC/C=C\CCCCCOC(=O)CCCCCCCCC/C=C\C/C=C\CCCCCC. The molecule has 1 aliphatic heterocycles. The molecule has 7 unspecified atom stereocenters. The number of nitrogens with one attached hydrogen (secondary N) is 1. The van der Waals surface area contributed by atoms with Crippen molar-refractivity contribution in [2.24, 2.45) is 0 Å². The van der Waals surface area contributed by atoms with Gasteiger partial charge in [-0.05, 0) is 116 Å². The van der Waals surface area contributed by atoms with Gasteiger partial charge in [-0.3, -0.25) is 9.59 Å². The van der Waals surface area contributed by atoms with Gasteiger partial charge in [0, 0.05) is 12.8 Å². The lowest BCUT2D eigenvalue weighted by Gasteiger charge is -2.40. The fourth-order valence-electron chi connectivity index (χ4n) is 7.79. The molecule has 11 nitrogen and oxygen atoms in total. The van der Waals surface area contributed by atoms with Crippen LogP contribution in [0, 0.1) is 0 Å². The van der Waals surface area contributed by atoms with Gasteiger partial charge in [-0.15, -0.1) is 0 Å². The molecule has 0 aromatic rings. The van der Waals surface area contributed by atoms with Gasteiger partial charge >= 0.3 is 5.97 Å². The van der Waals surface area contributed by atoms with E-state index in [1.54, 1.807) is 6.08 Å². The second-order valence-electron chi connectivity index (χ2n) is 18.2. The third kappa shape index (κ3) is 35.8. The van der Waals surface area contributed by atoms with Crippen molar-refractivity contribution >= 4 is 11.9 Å². The molecule has 0 saturated carbocycles. The highest BCUT2D eigenvalue weighted by Crippen LogP contribution is 2.22. The summed E-state index contributed by atoms with van der Waals surface area (Å²) in [5.41, 5.74) is 0. The minimum Gasteiger partial charge on any atom is -0.466 e. The lowest BCUT2D eigenvalue weighted by atomic mass is 9.99. The maximum Gasteiger partial charge on any atom is 0.305 e. The number of esters is 1. The Morgan fingerprint density at radius 1 is 0.582 bits per heavy atom. The highest BCUT2D eigenvalue weighted by molar-refractivity contribution is 5.76. The second-order valence-corrected chi connectivity index (χ2v) is 18.2. The smallest absolute Gasteiger partial charge is 0.305 e. The second kappa shape index (κ2) is 45.5. The van der Waals surface area contributed by atoms with Crippen LogP contribution in [0.1, 0.15) is 206 Å². The monoisotopic (exact) mass is 944 g/mol. The number of amides is 1. The largest absolute Gasteiger partial charge is 0.466 e. The van der Waals surface area contributed by atoms with Gasteiger partial charge in [0.2, 0.25) is 5.91 Å². The van der Waals surface area contributed by atoms with Gasteiger partial charge in [-0.1, -0.05) is 150 Å². The first-order valence-electron chi connectivity index (χ1n) is 26.7. The Hall–Kier alpha value is -2.90. The van der Waals surface area contributed by atoms with E-state index in [1.807, 2.05) is 19.1 Å². The molecule has 11 heteroatoms. The topological polar surface area (TPSA) is 175 Å². The molecule has 386 valence electrons. The first-order chi connectivity index (χ1) is 32.7. The summed E-state index contributed by atoms with van der Waals surface area (Å²) in [7, 11) is 0. The van der Waals surface area contributed by atoms with E-state index >= 15 is 0 Å². The van der Waals surface area contributed by atoms with Crippen molar-refractivity contribution in [3.8, 4) is 0 Å². The number of carbonyl (C=O) groups is 2. The Morgan fingerprint density at radius 2 is 1.07 bits per heavy atom. The maximum atomic E-state index is 12.9. The van der Waals surface area contributed by atoms with E-state index in [9.17, 15) is 35.1 Å². The van der Waals surface area contributed by atoms with Crippen LogP contribution in [0.2, 0.25) is 0 Å². The number of unbranched alkanes of at least 4 members (excludes halogenated alkanes) is 21. The average molecular weight is 944 g/mol. The molecule has 67 heavy (non-hydrogen) atoms. The van der Waals surface area contributed by atoms with E-state index < -0.39 is 49.5 Å². The minimum atomic E-state index is -1.59. The number of allylic oxidation sites excluding steroid dienone is 11. The van der Waals surface area contributed by atoms with Crippen LogP contribution in [0.3, 0.4) is 0 Å². The van der Waals surface area contributed by atoms with Crippen LogP contribution in [0.4, 0.5) is 0 Å². The van der Waals surface area contributed by atoms with Crippen molar-refractivity contribution < 1.29 is 49.3 Å².